The quantitative estimate of drug-likeness (QED) is 0.596. The van der Waals surface area contributed by atoms with Crippen LogP contribution in [0.5, 0.6) is 11.5 Å². The zero-order valence-corrected chi connectivity index (χ0v) is 18.2. The van der Waals surface area contributed by atoms with E-state index in [9.17, 15) is 4.79 Å². The first-order chi connectivity index (χ1) is 15.0. The third kappa shape index (κ3) is 4.45. The molecule has 5 rings (SSSR count). The lowest BCUT2D eigenvalue weighted by molar-refractivity contribution is 0.197. The van der Waals surface area contributed by atoms with Gasteiger partial charge < -0.3 is 9.64 Å². The fourth-order valence-electron chi connectivity index (χ4n) is 4.65. The summed E-state index contributed by atoms with van der Waals surface area (Å²) in [6, 6.07) is 17.5. The fraction of sp³-hybridized carbons (Fsp3) is 0.333. The first kappa shape index (κ1) is 20.1. The van der Waals surface area contributed by atoms with Gasteiger partial charge >= 0.3 is 6.03 Å². The van der Waals surface area contributed by atoms with Crippen molar-refractivity contribution in [2.24, 2.45) is 11.8 Å². The smallest absolute Gasteiger partial charge is 0.344 e. The van der Waals surface area contributed by atoms with Crippen LogP contribution in [0.2, 0.25) is 5.02 Å². The average molecular weight is 437 g/mol. The molecule has 6 nitrogen and oxygen atoms in total. The number of halogens is 1. The van der Waals surface area contributed by atoms with Crippen molar-refractivity contribution in [2.75, 3.05) is 26.2 Å². The third-order valence-electron chi connectivity index (χ3n) is 6.10. The molecule has 0 spiro atoms. The van der Waals surface area contributed by atoms with Gasteiger partial charge in [0.2, 0.25) is 0 Å². The van der Waals surface area contributed by atoms with Crippen LogP contribution in [0.3, 0.4) is 0 Å². The summed E-state index contributed by atoms with van der Waals surface area (Å²) in [5.74, 6) is 2.64. The highest BCUT2D eigenvalue weighted by atomic mass is 35.5. The number of hydrogen-bond donors (Lipinski definition) is 0. The maximum Gasteiger partial charge on any atom is 0.344 e. The van der Waals surface area contributed by atoms with Gasteiger partial charge in [0.1, 0.15) is 11.5 Å². The van der Waals surface area contributed by atoms with Crippen LogP contribution in [0.4, 0.5) is 4.79 Å². The summed E-state index contributed by atoms with van der Waals surface area (Å²) in [6.07, 6.45) is 1.75. The molecule has 31 heavy (non-hydrogen) atoms. The van der Waals surface area contributed by atoms with Crippen molar-refractivity contribution < 1.29 is 9.53 Å². The van der Waals surface area contributed by atoms with Crippen LogP contribution in [0.15, 0.2) is 60.8 Å². The Kier molecular flexibility index (Phi) is 5.42. The van der Waals surface area contributed by atoms with E-state index in [4.69, 9.17) is 16.3 Å². The van der Waals surface area contributed by atoms with E-state index in [1.54, 1.807) is 6.20 Å². The molecular formula is C24H25ClN4O2. The SMILES string of the molecule is Cc1ccn(C(=O)N2CC3CN(Cc4cccc(Oc5ccc(Cl)cc5)c4)CC3C2)n1. The molecule has 0 aliphatic carbocycles. The van der Waals surface area contributed by atoms with Crippen LogP contribution < -0.4 is 4.74 Å². The zero-order chi connectivity index (χ0) is 21.4. The van der Waals surface area contributed by atoms with Gasteiger partial charge in [0.25, 0.3) is 0 Å². The lowest BCUT2D eigenvalue weighted by atomic mass is 10.0. The predicted octanol–water partition coefficient (Wildman–Crippen LogP) is 4.67. The van der Waals surface area contributed by atoms with E-state index in [-0.39, 0.29) is 6.03 Å². The molecule has 2 unspecified atom stereocenters. The second kappa shape index (κ2) is 8.36. The number of aromatic nitrogens is 2. The number of likely N-dealkylation sites (tertiary alicyclic amines) is 2. The molecule has 2 aromatic carbocycles. The van der Waals surface area contributed by atoms with E-state index in [2.05, 4.69) is 22.1 Å². The molecule has 2 saturated heterocycles. The van der Waals surface area contributed by atoms with Gasteiger partial charge in [-0.15, -0.1) is 0 Å². The molecule has 2 atom stereocenters. The zero-order valence-electron chi connectivity index (χ0n) is 17.4. The van der Waals surface area contributed by atoms with Gasteiger partial charge in [-0.3, -0.25) is 4.90 Å². The molecule has 0 radical (unpaired) electrons. The van der Waals surface area contributed by atoms with E-state index in [1.165, 1.54) is 10.2 Å². The summed E-state index contributed by atoms with van der Waals surface area (Å²) in [4.78, 5) is 17.1. The van der Waals surface area contributed by atoms with Crippen LogP contribution in [-0.4, -0.2) is 51.8 Å². The maximum absolute atomic E-state index is 12.7. The fourth-order valence-corrected chi connectivity index (χ4v) is 4.77. The molecule has 2 aliphatic heterocycles. The van der Waals surface area contributed by atoms with E-state index in [0.717, 1.165) is 49.9 Å². The number of fused-ring (bicyclic) bond motifs is 1. The number of benzene rings is 2. The van der Waals surface area contributed by atoms with E-state index >= 15 is 0 Å². The van der Waals surface area contributed by atoms with Crippen LogP contribution in [0.25, 0.3) is 0 Å². The number of ether oxygens (including phenoxy) is 1. The minimum Gasteiger partial charge on any atom is -0.457 e. The molecular weight excluding hydrogens is 412 g/mol. The summed E-state index contributed by atoms with van der Waals surface area (Å²) in [6.45, 7) is 6.41. The van der Waals surface area contributed by atoms with Gasteiger partial charge in [-0.2, -0.15) is 9.78 Å². The summed E-state index contributed by atoms with van der Waals surface area (Å²) < 4.78 is 7.43. The van der Waals surface area contributed by atoms with Crippen molar-refractivity contribution in [3.05, 3.63) is 77.1 Å². The average Bonchev–Trinajstić information content (AvgIpc) is 3.44. The number of hydrogen-bond acceptors (Lipinski definition) is 4. The highest BCUT2D eigenvalue weighted by molar-refractivity contribution is 6.30. The van der Waals surface area contributed by atoms with Gasteiger partial charge in [0, 0.05) is 43.9 Å². The van der Waals surface area contributed by atoms with Crippen LogP contribution in [0.1, 0.15) is 11.3 Å². The van der Waals surface area contributed by atoms with Gasteiger partial charge in [0.15, 0.2) is 0 Å². The molecule has 0 N–H and O–H groups in total. The second-order valence-electron chi connectivity index (χ2n) is 8.51. The number of carbonyl (C=O) groups excluding carboxylic acids is 1. The molecule has 0 saturated carbocycles. The molecule has 3 aromatic rings. The third-order valence-corrected chi connectivity index (χ3v) is 6.36. The van der Waals surface area contributed by atoms with Crippen LogP contribution in [0, 0.1) is 18.8 Å². The highest BCUT2D eigenvalue weighted by Crippen LogP contribution is 2.33. The minimum atomic E-state index is -0.0129. The number of carbonyl (C=O) groups is 1. The van der Waals surface area contributed by atoms with Gasteiger partial charge in [-0.25, -0.2) is 4.79 Å². The Morgan fingerprint density at radius 2 is 1.77 bits per heavy atom. The van der Waals surface area contributed by atoms with Gasteiger partial charge in [0.05, 0.1) is 5.69 Å². The molecule has 2 aliphatic rings. The van der Waals surface area contributed by atoms with Gasteiger partial charge in [-0.1, -0.05) is 23.7 Å². The Bertz CT molecular complexity index is 1070. The van der Waals surface area contributed by atoms with Crippen molar-refractivity contribution in [3.8, 4) is 11.5 Å². The summed E-state index contributed by atoms with van der Waals surface area (Å²) >= 11 is 5.95. The van der Waals surface area contributed by atoms with Gasteiger partial charge in [-0.05, 0) is 66.8 Å². The largest absolute Gasteiger partial charge is 0.457 e. The molecule has 0 bridgehead atoms. The standard InChI is InChI=1S/C24H25ClN4O2/c1-17-9-10-29(26-17)24(30)28-15-19-13-27(14-20(19)16-28)12-18-3-2-4-23(11-18)31-22-7-5-21(25)6-8-22/h2-11,19-20H,12-16H2,1H3. The van der Waals surface area contributed by atoms with Crippen molar-refractivity contribution in [2.45, 2.75) is 13.5 Å². The lowest BCUT2D eigenvalue weighted by Crippen LogP contribution is -2.36. The molecule has 3 heterocycles. The topological polar surface area (TPSA) is 50.6 Å². The van der Waals surface area contributed by atoms with Crippen molar-refractivity contribution in [3.63, 3.8) is 0 Å². The Hall–Kier alpha value is -2.83. The van der Waals surface area contributed by atoms with Crippen LogP contribution in [-0.2, 0) is 6.54 Å². The Morgan fingerprint density at radius 1 is 1.03 bits per heavy atom. The molecule has 160 valence electrons. The predicted molar refractivity (Wildman–Crippen MR) is 120 cm³/mol. The monoisotopic (exact) mass is 436 g/mol. The second-order valence-corrected chi connectivity index (χ2v) is 8.94. The first-order valence-corrected chi connectivity index (χ1v) is 11.0. The van der Waals surface area contributed by atoms with E-state index in [0.29, 0.717) is 16.9 Å². The lowest BCUT2D eigenvalue weighted by Gasteiger charge is -2.21. The number of aryl methyl sites for hydroxylation is 1. The Morgan fingerprint density at radius 3 is 2.45 bits per heavy atom. The molecule has 7 heteroatoms. The maximum atomic E-state index is 12.7. The summed E-state index contributed by atoms with van der Waals surface area (Å²) in [5, 5.41) is 4.95. The van der Waals surface area contributed by atoms with Crippen LogP contribution >= 0.6 is 11.6 Å². The number of nitrogens with zero attached hydrogens (tertiary/aromatic N) is 4. The van der Waals surface area contributed by atoms with E-state index < -0.39 is 0 Å². The Balaban J connectivity index is 1.17. The van der Waals surface area contributed by atoms with Crippen molar-refractivity contribution >= 4 is 17.6 Å². The van der Waals surface area contributed by atoms with Crippen molar-refractivity contribution in [1.82, 2.24) is 19.6 Å². The normalized spacial score (nSPS) is 20.8. The summed E-state index contributed by atoms with van der Waals surface area (Å²) in [7, 11) is 0. The number of rotatable bonds is 4. The molecule has 1 aromatic heterocycles. The number of amides is 1. The van der Waals surface area contributed by atoms with Crippen molar-refractivity contribution in [1.29, 1.82) is 0 Å². The minimum absolute atomic E-state index is 0.0129. The molecule has 2 fully saturated rings. The Labute approximate surface area is 187 Å². The highest BCUT2D eigenvalue weighted by Gasteiger charge is 2.41. The molecule has 1 amide bonds. The summed E-state index contributed by atoms with van der Waals surface area (Å²) in [5.41, 5.74) is 2.09. The first-order valence-electron chi connectivity index (χ1n) is 10.6. The van der Waals surface area contributed by atoms with E-state index in [1.807, 2.05) is 54.3 Å².